The smallest absolute Gasteiger partial charge is 0.218 e. The van der Waals surface area contributed by atoms with E-state index in [0.717, 1.165) is 0 Å². The lowest BCUT2D eigenvalue weighted by molar-refractivity contribution is -0.331. The maximum atomic E-state index is 14.1. The molecule has 4 atom stereocenters. The molecule has 0 saturated carbocycles. The van der Waals surface area contributed by atoms with Gasteiger partial charge in [0, 0.05) is 23.3 Å². The predicted octanol–water partition coefficient (Wildman–Crippen LogP) is 2.61. The van der Waals surface area contributed by atoms with Gasteiger partial charge in [-0.25, -0.2) is 0 Å². The topological polar surface area (TPSA) is 130 Å². The Labute approximate surface area is 214 Å². The number of rotatable bonds is 9. The van der Waals surface area contributed by atoms with Gasteiger partial charge in [-0.2, -0.15) is 0 Å². The molecule has 0 radical (unpaired) electrons. The number of ether oxygens (including phenoxy) is 2. The monoisotopic (exact) mass is 504 g/mol. The first-order valence-electron chi connectivity index (χ1n) is 11.9. The number of ketones is 3. The summed E-state index contributed by atoms with van der Waals surface area (Å²) in [4.78, 5) is 41.7. The molecule has 8 heteroatoms. The van der Waals surface area contributed by atoms with Crippen molar-refractivity contribution < 1.29 is 39.2 Å². The molecule has 0 aliphatic carbocycles. The van der Waals surface area contributed by atoms with E-state index in [1.165, 1.54) is 72.8 Å². The van der Waals surface area contributed by atoms with Gasteiger partial charge in [0.15, 0.2) is 17.7 Å². The summed E-state index contributed by atoms with van der Waals surface area (Å²) in [5.74, 6) is -3.49. The Morgan fingerprint density at radius 1 is 0.757 bits per heavy atom. The quantitative estimate of drug-likeness (QED) is 0.379. The van der Waals surface area contributed by atoms with Crippen molar-refractivity contribution in [2.45, 2.75) is 36.4 Å². The van der Waals surface area contributed by atoms with E-state index in [-0.39, 0.29) is 23.3 Å². The summed E-state index contributed by atoms with van der Waals surface area (Å²) in [5, 5.41) is 36.4. The van der Waals surface area contributed by atoms with Gasteiger partial charge in [-0.3, -0.25) is 14.4 Å². The molecule has 1 aliphatic heterocycles. The van der Waals surface area contributed by atoms with E-state index in [1.54, 1.807) is 25.1 Å². The van der Waals surface area contributed by atoms with Gasteiger partial charge in [0.1, 0.15) is 0 Å². The zero-order valence-electron chi connectivity index (χ0n) is 20.2. The molecule has 1 saturated heterocycles. The van der Waals surface area contributed by atoms with Gasteiger partial charge in [-0.15, -0.1) is 0 Å². The van der Waals surface area contributed by atoms with Gasteiger partial charge in [-0.05, 0) is 6.42 Å². The highest BCUT2D eigenvalue weighted by Gasteiger charge is 2.78. The first kappa shape index (κ1) is 26.5. The van der Waals surface area contributed by atoms with Crippen LogP contribution in [-0.4, -0.2) is 69.0 Å². The third-order valence-corrected chi connectivity index (χ3v) is 6.57. The minimum atomic E-state index is -3.40. The van der Waals surface area contributed by atoms with E-state index >= 15 is 0 Å². The van der Waals surface area contributed by atoms with Crippen molar-refractivity contribution in [2.24, 2.45) is 0 Å². The van der Waals surface area contributed by atoms with E-state index in [9.17, 15) is 29.7 Å². The van der Waals surface area contributed by atoms with Gasteiger partial charge < -0.3 is 24.8 Å². The normalized spacial score (nSPS) is 27.4. The van der Waals surface area contributed by atoms with Crippen LogP contribution in [0.4, 0.5) is 0 Å². The maximum absolute atomic E-state index is 14.1. The number of carbonyl (C=O) groups is 3. The summed E-state index contributed by atoms with van der Waals surface area (Å²) >= 11 is 0. The fraction of sp³-hybridized carbons (Fsp3) is 0.276. The van der Waals surface area contributed by atoms with Crippen molar-refractivity contribution in [3.05, 3.63) is 108 Å². The molecule has 0 unspecified atom stereocenters. The van der Waals surface area contributed by atoms with Crippen molar-refractivity contribution in [1.82, 2.24) is 0 Å². The highest BCUT2D eigenvalue weighted by Crippen LogP contribution is 2.47. The molecule has 1 fully saturated rings. The molecular weight excluding hydrogens is 476 g/mol. The van der Waals surface area contributed by atoms with Crippen LogP contribution in [0.2, 0.25) is 0 Å². The van der Waals surface area contributed by atoms with E-state index in [1.807, 2.05) is 0 Å². The van der Waals surface area contributed by atoms with Crippen molar-refractivity contribution in [3.63, 3.8) is 0 Å². The average Bonchev–Trinajstić information content (AvgIpc) is 2.95. The minimum Gasteiger partial charge on any atom is -0.376 e. The zero-order chi connectivity index (χ0) is 26.7. The van der Waals surface area contributed by atoms with Crippen LogP contribution in [0.3, 0.4) is 0 Å². The lowest BCUT2D eigenvalue weighted by Gasteiger charge is -2.55. The Hall–Kier alpha value is -3.53. The van der Waals surface area contributed by atoms with E-state index in [2.05, 4.69) is 0 Å². The fourth-order valence-electron chi connectivity index (χ4n) is 4.60. The molecule has 0 amide bonds. The third-order valence-electron chi connectivity index (χ3n) is 6.57. The third kappa shape index (κ3) is 4.22. The van der Waals surface area contributed by atoms with Crippen molar-refractivity contribution in [3.8, 4) is 0 Å². The maximum Gasteiger partial charge on any atom is 0.218 e. The zero-order valence-corrected chi connectivity index (χ0v) is 20.2. The second-order valence-electron chi connectivity index (χ2n) is 8.94. The fourth-order valence-corrected chi connectivity index (χ4v) is 4.60. The molecule has 0 bridgehead atoms. The number of hydrogen-bond donors (Lipinski definition) is 3. The van der Waals surface area contributed by atoms with Gasteiger partial charge in [0.25, 0.3) is 0 Å². The molecule has 192 valence electrons. The molecule has 4 rings (SSSR count). The number of carbonyl (C=O) groups excluding carboxylic acids is 3. The lowest BCUT2D eigenvalue weighted by Crippen LogP contribution is -2.84. The summed E-state index contributed by atoms with van der Waals surface area (Å²) < 4.78 is 11.2. The second-order valence-corrected chi connectivity index (χ2v) is 8.94. The number of hydrogen-bond acceptors (Lipinski definition) is 8. The lowest BCUT2D eigenvalue weighted by atomic mass is 9.60. The highest BCUT2D eigenvalue weighted by atomic mass is 16.7. The molecule has 37 heavy (non-hydrogen) atoms. The minimum absolute atomic E-state index is 0.00425. The van der Waals surface area contributed by atoms with Gasteiger partial charge in [0.05, 0.1) is 6.61 Å². The second kappa shape index (κ2) is 10.5. The predicted molar refractivity (Wildman–Crippen MR) is 133 cm³/mol. The van der Waals surface area contributed by atoms with Gasteiger partial charge in [-0.1, -0.05) is 97.9 Å². The largest absolute Gasteiger partial charge is 0.376 e. The van der Waals surface area contributed by atoms with Gasteiger partial charge >= 0.3 is 0 Å². The van der Waals surface area contributed by atoms with Gasteiger partial charge in [0.2, 0.25) is 22.8 Å². The molecule has 3 N–H and O–H groups in total. The standard InChI is InChI=1S/C29H28O8/c1-2-18-36-26-28(34,24(31)21-14-8-4-9-15-21)29(35,25(32)22-16-10-5-11-17-22)27(33,19-37-26)23(30)20-12-6-3-7-13-20/h3-17,26,33-35H,2,18-19H2,1H3/t26-,27+,28-,29-/m1/s1. The Morgan fingerprint density at radius 3 is 1.65 bits per heavy atom. The number of aliphatic hydroxyl groups is 3. The van der Waals surface area contributed by atoms with Crippen LogP contribution in [0.15, 0.2) is 91.0 Å². The van der Waals surface area contributed by atoms with Crippen LogP contribution in [-0.2, 0) is 9.47 Å². The molecule has 0 aromatic heterocycles. The van der Waals surface area contributed by atoms with E-state index < -0.39 is 47.0 Å². The molecule has 1 aliphatic rings. The van der Waals surface area contributed by atoms with Crippen LogP contribution >= 0.6 is 0 Å². The van der Waals surface area contributed by atoms with Crippen LogP contribution in [0.5, 0.6) is 0 Å². The van der Waals surface area contributed by atoms with Crippen molar-refractivity contribution in [2.75, 3.05) is 13.2 Å². The molecule has 3 aromatic carbocycles. The Morgan fingerprint density at radius 2 is 1.19 bits per heavy atom. The SMILES string of the molecule is CCCO[C@@H]1OC[C@](O)(C(=O)c2ccccc2)[C@](O)(C(=O)c2ccccc2)[C@@]1(O)C(=O)c1ccccc1. The first-order valence-corrected chi connectivity index (χ1v) is 11.9. The number of Topliss-reactive ketones (excluding diaryl/α,β-unsaturated/α-hetero) is 3. The number of benzene rings is 3. The summed E-state index contributed by atoms with van der Waals surface area (Å²) in [5.41, 5.74) is -9.97. The summed E-state index contributed by atoms with van der Waals surface area (Å²) in [6.45, 7) is 0.849. The molecule has 3 aromatic rings. The summed E-state index contributed by atoms with van der Waals surface area (Å²) in [7, 11) is 0. The van der Waals surface area contributed by atoms with Crippen molar-refractivity contribution >= 4 is 17.3 Å². The van der Waals surface area contributed by atoms with E-state index in [0.29, 0.717) is 6.42 Å². The Bertz CT molecular complexity index is 1260. The van der Waals surface area contributed by atoms with Crippen LogP contribution < -0.4 is 0 Å². The van der Waals surface area contributed by atoms with Crippen LogP contribution in [0.25, 0.3) is 0 Å². The Balaban J connectivity index is 2.00. The molecule has 8 nitrogen and oxygen atoms in total. The van der Waals surface area contributed by atoms with Crippen molar-refractivity contribution in [1.29, 1.82) is 0 Å². The van der Waals surface area contributed by atoms with E-state index in [4.69, 9.17) is 9.47 Å². The summed E-state index contributed by atoms with van der Waals surface area (Å²) in [6.07, 6.45) is -1.42. The average molecular weight is 505 g/mol. The molecule has 0 spiro atoms. The first-order chi connectivity index (χ1) is 17.7. The van der Waals surface area contributed by atoms with Crippen LogP contribution in [0, 0.1) is 0 Å². The van der Waals surface area contributed by atoms with Crippen LogP contribution in [0.1, 0.15) is 44.4 Å². The molecular formula is C29H28O8. The summed E-state index contributed by atoms with van der Waals surface area (Å²) in [6, 6.07) is 22.3. The Kier molecular flexibility index (Phi) is 7.49. The highest BCUT2D eigenvalue weighted by molar-refractivity contribution is 6.18. The molecule has 1 heterocycles.